The number of nitrogens with zero attached hydrogens (tertiary/aromatic N) is 1. The van der Waals surface area contributed by atoms with Crippen LogP contribution < -0.4 is 0 Å². The third-order valence-electron chi connectivity index (χ3n) is 4.21. The second-order valence-electron chi connectivity index (χ2n) is 6.30. The first kappa shape index (κ1) is 19.1. The van der Waals surface area contributed by atoms with E-state index in [0.29, 0.717) is 5.56 Å². The van der Waals surface area contributed by atoms with Crippen molar-refractivity contribution in [1.29, 1.82) is 0 Å². The number of hydrogen-bond donors (Lipinski definition) is 0. The lowest BCUT2D eigenvalue weighted by atomic mass is 10.00. The molecule has 0 unspecified atom stereocenters. The maximum absolute atomic E-state index is 12.3. The number of rotatable bonds is 5. The molecule has 0 heterocycles. The first-order chi connectivity index (χ1) is 11.6. The van der Waals surface area contributed by atoms with E-state index in [2.05, 4.69) is 19.1 Å². The van der Waals surface area contributed by atoms with Crippen LogP contribution >= 0.6 is 0 Å². The highest BCUT2D eigenvalue weighted by atomic mass is 32.2. The van der Waals surface area contributed by atoms with Crippen LogP contribution in [0.3, 0.4) is 0 Å². The zero-order valence-electron chi connectivity index (χ0n) is 15.2. The topological polar surface area (TPSA) is 54.5 Å². The Kier molecular flexibility index (Phi) is 5.60. The molecule has 132 valence electrons. The number of ketones is 1. The molecule has 0 aromatic heterocycles. The number of sulfonamides is 1. The Morgan fingerprint density at radius 1 is 0.920 bits per heavy atom. The van der Waals surface area contributed by atoms with Crippen LogP contribution in [-0.2, 0) is 10.0 Å². The van der Waals surface area contributed by atoms with Gasteiger partial charge in [-0.05, 0) is 73.4 Å². The highest BCUT2D eigenvalue weighted by Crippen LogP contribution is 2.18. The third kappa shape index (κ3) is 4.24. The molecule has 0 N–H and O–H groups in total. The molecular formula is C20H23NO3S. The van der Waals surface area contributed by atoms with Crippen LogP contribution in [0, 0.1) is 20.8 Å². The Bertz CT molecular complexity index is 924. The molecule has 25 heavy (non-hydrogen) atoms. The summed E-state index contributed by atoms with van der Waals surface area (Å²) < 4.78 is 25.2. The number of allylic oxidation sites excluding steroid dienone is 1. The minimum atomic E-state index is -3.49. The standard InChI is InChI=1S/C20H23NO3S/c1-14-12-16(3)18(13-15(14)2)8-11-20(22)17-6-9-19(10-7-17)25(23,24)21(4)5/h6-13H,1-5H3. The number of aryl methyl sites for hydroxylation is 3. The molecule has 0 amide bonds. The molecule has 0 saturated carbocycles. The van der Waals surface area contributed by atoms with E-state index >= 15 is 0 Å². The van der Waals surface area contributed by atoms with Crippen LogP contribution in [0.15, 0.2) is 47.4 Å². The van der Waals surface area contributed by atoms with E-state index in [1.807, 2.05) is 13.8 Å². The summed E-state index contributed by atoms with van der Waals surface area (Å²) in [5, 5.41) is 0. The van der Waals surface area contributed by atoms with Gasteiger partial charge in [-0.2, -0.15) is 0 Å². The first-order valence-corrected chi connectivity index (χ1v) is 9.40. The van der Waals surface area contributed by atoms with Crippen molar-refractivity contribution in [1.82, 2.24) is 4.31 Å². The minimum Gasteiger partial charge on any atom is -0.289 e. The van der Waals surface area contributed by atoms with Crippen LogP contribution in [0.5, 0.6) is 0 Å². The quantitative estimate of drug-likeness (QED) is 0.605. The second-order valence-corrected chi connectivity index (χ2v) is 8.45. The lowest BCUT2D eigenvalue weighted by Crippen LogP contribution is -2.22. The summed E-state index contributed by atoms with van der Waals surface area (Å²) in [6.45, 7) is 6.11. The lowest BCUT2D eigenvalue weighted by Gasteiger charge is -2.11. The largest absolute Gasteiger partial charge is 0.289 e. The van der Waals surface area contributed by atoms with Gasteiger partial charge in [-0.15, -0.1) is 0 Å². The Morgan fingerprint density at radius 3 is 2.04 bits per heavy atom. The lowest BCUT2D eigenvalue weighted by molar-refractivity contribution is 0.104. The zero-order valence-corrected chi connectivity index (χ0v) is 16.0. The normalized spacial score (nSPS) is 12.1. The smallest absolute Gasteiger partial charge is 0.242 e. The maximum atomic E-state index is 12.3. The third-order valence-corrected chi connectivity index (χ3v) is 6.04. The van der Waals surface area contributed by atoms with Crippen molar-refractivity contribution >= 4 is 21.9 Å². The summed E-state index contributed by atoms with van der Waals surface area (Å²) in [5.74, 6) is -0.161. The number of benzene rings is 2. The number of carbonyl (C=O) groups excluding carboxylic acids is 1. The minimum absolute atomic E-state index is 0.161. The Morgan fingerprint density at radius 2 is 1.48 bits per heavy atom. The van der Waals surface area contributed by atoms with Crippen LogP contribution in [0.2, 0.25) is 0 Å². The van der Waals surface area contributed by atoms with Gasteiger partial charge in [0.1, 0.15) is 0 Å². The van der Waals surface area contributed by atoms with Gasteiger partial charge in [-0.25, -0.2) is 12.7 Å². The first-order valence-electron chi connectivity index (χ1n) is 7.96. The van der Waals surface area contributed by atoms with E-state index in [0.717, 1.165) is 15.4 Å². The summed E-state index contributed by atoms with van der Waals surface area (Å²) in [4.78, 5) is 12.5. The fourth-order valence-corrected chi connectivity index (χ4v) is 3.33. The van der Waals surface area contributed by atoms with Crippen molar-refractivity contribution in [3.05, 3.63) is 70.3 Å². The summed E-state index contributed by atoms with van der Waals surface area (Å²) in [5.41, 5.74) is 4.97. The highest BCUT2D eigenvalue weighted by molar-refractivity contribution is 7.89. The molecule has 0 spiro atoms. The van der Waals surface area contributed by atoms with Gasteiger partial charge in [0.2, 0.25) is 10.0 Å². The average molecular weight is 357 g/mol. The second kappa shape index (κ2) is 7.33. The average Bonchev–Trinajstić information content (AvgIpc) is 2.56. The van der Waals surface area contributed by atoms with Crippen LogP contribution in [0.1, 0.15) is 32.6 Å². The number of carbonyl (C=O) groups is 1. The Hall–Kier alpha value is -2.24. The van der Waals surface area contributed by atoms with Crippen molar-refractivity contribution in [2.45, 2.75) is 25.7 Å². The zero-order chi connectivity index (χ0) is 18.8. The molecule has 0 bridgehead atoms. The molecule has 0 saturated heterocycles. The van der Waals surface area contributed by atoms with E-state index in [4.69, 9.17) is 0 Å². The van der Waals surface area contributed by atoms with Crippen molar-refractivity contribution in [2.24, 2.45) is 0 Å². The van der Waals surface area contributed by atoms with Gasteiger partial charge in [0.15, 0.2) is 5.78 Å². The number of hydrogen-bond acceptors (Lipinski definition) is 3. The van der Waals surface area contributed by atoms with Gasteiger partial charge in [-0.1, -0.05) is 18.2 Å². The SMILES string of the molecule is Cc1cc(C)c(C=CC(=O)c2ccc(S(=O)(=O)N(C)C)cc2)cc1C. The van der Waals surface area contributed by atoms with Gasteiger partial charge < -0.3 is 0 Å². The van der Waals surface area contributed by atoms with Crippen molar-refractivity contribution in [3.63, 3.8) is 0 Å². The molecule has 0 radical (unpaired) electrons. The van der Waals surface area contributed by atoms with Crippen molar-refractivity contribution in [3.8, 4) is 0 Å². The molecule has 0 aliphatic carbocycles. The van der Waals surface area contributed by atoms with E-state index in [1.54, 1.807) is 6.08 Å². The van der Waals surface area contributed by atoms with Crippen LogP contribution in [-0.4, -0.2) is 32.6 Å². The van der Waals surface area contributed by atoms with E-state index < -0.39 is 10.0 Å². The fourth-order valence-electron chi connectivity index (χ4n) is 2.43. The van der Waals surface area contributed by atoms with Gasteiger partial charge in [-0.3, -0.25) is 4.79 Å². The molecule has 2 aromatic rings. The summed E-state index contributed by atoms with van der Waals surface area (Å²) in [6.07, 6.45) is 3.32. The fraction of sp³-hybridized carbons (Fsp3) is 0.250. The Labute approximate surface area is 149 Å². The molecule has 0 fully saturated rings. The molecule has 2 aromatic carbocycles. The summed E-state index contributed by atoms with van der Waals surface area (Å²) in [6, 6.07) is 10.1. The molecule has 5 heteroatoms. The molecule has 0 aliphatic rings. The summed E-state index contributed by atoms with van der Waals surface area (Å²) in [7, 11) is -0.535. The van der Waals surface area contributed by atoms with E-state index in [-0.39, 0.29) is 10.7 Å². The van der Waals surface area contributed by atoms with Gasteiger partial charge in [0, 0.05) is 19.7 Å². The van der Waals surface area contributed by atoms with E-state index in [9.17, 15) is 13.2 Å². The molecule has 0 aliphatic heterocycles. The molecule has 4 nitrogen and oxygen atoms in total. The van der Waals surface area contributed by atoms with Gasteiger partial charge >= 0.3 is 0 Å². The van der Waals surface area contributed by atoms with E-state index in [1.165, 1.54) is 55.6 Å². The molecule has 2 rings (SSSR count). The maximum Gasteiger partial charge on any atom is 0.242 e. The summed E-state index contributed by atoms with van der Waals surface area (Å²) >= 11 is 0. The monoisotopic (exact) mass is 357 g/mol. The van der Waals surface area contributed by atoms with Gasteiger partial charge in [0.05, 0.1) is 4.90 Å². The molecule has 0 atom stereocenters. The predicted octanol–water partition coefficient (Wildman–Crippen LogP) is 3.76. The molecular weight excluding hydrogens is 334 g/mol. The highest BCUT2D eigenvalue weighted by Gasteiger charge is 2.17. The van der Waals surface area contributed by atoms with Crippen LogP contribution in [0.4, 0.5) is 0 Å². The van der Waals surface area contributed by atoms with Crippen molar-refractivity contribution in [2.75, 3.05) is 14.1 Å². The predicted molar refractivity (Wildman–Crippen MR) is 101 cm³/mol. The van der Waals surface area contributed by atoms with Crippen molar-refractivity contribution < 1.29 is 13.2 Å². The van der Waals surface area contributed by atoms with Gasteiger partial charge in [0.25, 0.3) is 0 Å². The van der Waals surface area contributed by atoms with Crippen LogP contribution in [0.25, 0.3) is 6.08 Å². The Balaban J connectivity index is 2.23.